The Morgan fingerprint density at radius 1 is 1.31 bits per heavy atom. The van der Waals surface area contributed by atoms with Gasteiger partial charge >= 0.3 is 5.97 Å². The van der Waals surface area contributed by atoms with Gasteiger partial charge < -0.3 is 10.4 Å². The van der Waals surface area contributed by atoms with E-state index in [9.17, 15) is 14.4 Å². The molecule has 6 heteroatoms. The van der Waals surface area contributed by atoms with Gasteiger partial charge in [0.05, 0.1) is 0 Å². The summed E-state index contributed by atoms with van der Waals surface area (Å²) >= 11 is 0.991. The van der Waals surface area contributed by atoms with Crippen molar-refractivity contribution in [1.29, 1.82) is 0 Å². The van der Waals surface area contributed by atoms with Crippen LogP contribution in [0.5, 0.6) is 0 Å². The summed E-state index contributed by atoms with van der Waals surface area (Å²) in [7, 11) is 0. The second-order valence-corrected chi connectivity index (χ2v) is 4.61. The van der Waals surface area contributed by atoms with Crippen LogP contribution < -0.4 is 5.32 Å². The number of rotatable bonds is 7. The third-order valence-corrected chi connectivity index (χ3v) is 3.14. The lowest BCUT2D eigenvalue weighted by molar-refractivity contribution is -0.138. The summed E-state index contributed by atoms with van der Waals surface area (Å²) in [4.78, 5) is 32.5. The van der Waals surface area contributed by atoms with Gasteiger partial charge in [-0.15, -0.1) is 0 Å². The van der Waals surface area contributed by atoms with E-state index in [2.05, 4.69) is 5.32 Å². The zero-order valence-electron chi connectivity index (χ0n) is 9.49. The van der Waals surface area contributed by atoms with Crippen LogP contribution in [0, 0.1) is 0 Å². The van der Waals surface area contributed by atoms with E-state index in [0.717, 1.165) is 11.8 Å². The zero-order chi connectivity index (χ0) is 12.6. The van der Waals surface area contributed by atoms with E-state index in [4.69, 9.17) is 5.11 Å². The average Bonchev–Trinajstić information content (AvgIpc) is 2.22. The van der Waals surface area contributed by atoms with E-state index in [1.54, 1.807) is 6.92 Å². The third-order valence-electron chi connectivity index (χ3n) is 1.90. The van der Waals surface area contributed by atoms with Gasteiger partial charge in [-0.1, -0.05) is 25.6 Å². The topological polar surface area (TPSA) is 83.5 Å². The summed E-state index contributed by atoms with van der Waals surface area (Å²) in [6.45, 7) is 4.04. The molecule has 1 unspecified atom stereocenters. The Hall–Kier alpha value is -1.04. The molecule has 0 aliphatic carbocycles. The first-order chi connectivity index (χ1) is 7.49. The molecule has 0 aromatic rings. The molecule has 0 aliphatic heterocycles. The van der Waals surface area contributed by atoms with Crippen molar-refractivity contribution in [2.24, 2.45) is 0 Å². The van der Waals surface area contributed by atoms with E-state index in [1.165, 1.54) is 0 Å². The molecule has 0 spiro atoms. The third kappa shape index (κ3) is 7.28. The summed E-state index contributed by atoms with van der Waals surface area (Å²) < 4.78 is 0. The van der Waals surface area contributed by atoms with Crippen molar-refractivity contribution < 1.29 is 19.5 Å². The van der Waals surface area contributed by atoms with Gasteiger partial charge in [-0.2, -0.15) is 0 Å². The molecule has 0 fully saturated rings. The van der Waals surface area contributed by atoms with Crippen LogP contribution in [-0.2, 0) is 14.4 Å². The number of carbonyl (C=O) groups excluding carboxylic acids is 2. The van der Waals surface area contributed by atoms with Crippen LogP contribution in [0.2, 0.25) is 0 Å². The maximum absolute atomic E-state index is 11.2. The van der Waals surface area contributed by atoms with E-state index in [1.807, 2.05) is 6.92 Å². The highest BCUT2D eigenvalue weighted by Crippen LogP contribution is 2.16. The predicted octanol–water partition coefficient (Wildman–Crippen LogP) is 1.03. The first-order valence-corrected chi connectivity index (χ1v) is 6.05. The number of aliphatic carboxylic acids is 1. The molecule has 0 bridgehead atoms. The highest BCUT2D eigenvalue weighted by molar-refractivity contribution is 8.14. The fourth-order valence-corrected chi connectivity index (χ4v) is 1.88. The largest absolute Gasteiger partial charge is 0.481 e. The molecule has 16 heavy (non-hydrogen) atoms. The quantitative estimate of drug-likeness (QED) is 0.656. The predicted molar refractivity (Wildman–Crippen MR) is 62.2 cm³/mol. The molecule has 0 aliphatic rings. The normalized spacial score (nSPS) is 11.9. The van der Waals surface area contributed by atoms with Gasteiger partial charge in [0.25, 0.3) is 0 Å². The summed E-state index contributed by atoms with van der Waals surface area (Å²) in [5.74, 6) is -1.19. The minimum atomic E-state index is -1.12. The molecule has 0 saturated carbocycles. The van der Waals surface area contributed by atoms with Crippen LogP contribution in [0.3, 0.4) is 0 Å². The number of carbonyl (C=O) groups is 3. The Bertz CT molecular complexity index is 268. The lowest BCUT2D eigenvalue weighted by Crippen LogP contribution is -2.30. The van der Waals surface area contributed by atoms with E-state index in [0.29, 0.717) is 19.4 Å². The molecule has 0 heterocycles. The molecule has 0 rings (SSSR count). The molecule has 0 aromatic carbocycles. The van der Waals surface area contributed by atoms with Crippen molar-refractivity contribution >= 4 is 28.8 Å². The van der Waals surface area contributed by atoms with Crippen LogP contribution >= 0.6 is 11.8 Å². The van der Waals surface area contributed by atoms with Crippen LogP contribution in [0.25, 0.3) is 0 Å². The van der Waals surface area contributed by atoms with Gasteiger partial charge in [0.2, 0.25) is 5.91 Å². The molecule has 2 N–H and O–H groups in total. The minimum absolute atomic E-state index is 0.0534. The maximum atomic E-state index is 11.2. The van der Waals surface area contributed by atoms with E-state index in [-0.39, 0.29) is 16.3 Å². The Kier molecular flexibility index (Phi) is 7.62. The summed E-state index contributed by atoms with van der Waals surface area (Å²) in [6.07, 6.45) is 0.646. The first kappa shape index (κ1) is 15.0. The molecule has 0 aromatic heterocycles. The number of nitrogens with one attached hydrogen (secondary N) is 1. The lowest BCUT2D eigenvalue weighted by Gasteiger charge is -2.13. The van der Waals surface area contributed by atoms with Crippen molar-refractivity contribution in [2.75, 3.05) is 6.54 Å². The molecule has 0 saturated heterocycles. The lowest BCUT2D eigenvalue weighted by atomic mass is 10.3. The first-order valence-electron chi connectivity index (χ1n) is 5.17. The van der Waals surface area contributed by atoms with Gasteiger partial charge in [-0.05, 0) is 6.42 Å². The number of hydrogen-bond donors (Lipinski definition) is 2. The summed E-state index contributed by atoms with van der Waals surface area (Å²) in [5.41, 5.74) is 0. The Labute approximate surface area is 99.0 Å². The molecule has 0 radical (unpaired) electrons. The number of amides is 1. The van der Waals surface area contributed by atoms with Crippen molar-refractivity contribution in [3.63, 3.8) is 0 Å². The van der Waals surface area contributed by atoms with Crippen molar-refractivity contribution in [1.82, 2.24) is 5.32 Å². The van der Waals surface area contributed by atoms with Crippen molar-refractivity contribution in [2.45, 2.75) is 38.4 Å². The zero-order valence-corrected chi connectivity index (χ0v) is 10.3. The highest BCUT2D eigenvalue weighted by Gasteiger charge is 2.15. The number of carboxylic acids is 1. The van der Waals surface area contributed by atoms with Crippen LogP contribution in [0.15, 0.2) is 0 Å². The molecule has 1 amide bonds. The Balaban J connectivity index is 3.95. The van der Waals surface area contributed by atoms with Crippen LogP contribution in [0.4, 0.5) is 0 Å². The number of carboxylic acid groups (broad SMARTS) is 1. The van der Waals surface area contributed by atoms with E-state index >= 15 is 0 Å². The smallest absolute Gasteiger partial charge is 0.311 e. The second kappa shape index (κ2) is 8.15. The maximum Gasteiger partial charge on any atom is 0.311 e. The van der Waals surface area contributed by atoms with Gasteiger partial charge in [0.1, 0.15) is 6.42 Å². The molecule has 92 valence electrons. The monoisotopic (exact) mass is 247 g/mol. The summed E-state index contributed by atoms with van der Waals surface area (Å²) in [5, 5.41) is 10.7. The second-order valence-electron chi connectivity index (χ2n) is 3.25. The fourth-order valence-electron chi connectivity index (χ4n) is 0.973. The van der Waals surface area contributed by atoms with Gasteiger partial charge in [-0.3, -0.25) is 14.4 Å². The van der Waals surface area contributed by atoms with Crippen molar-refractivity contribution in [3.8, 4) is 0 Å². The van der Waals surface area contributed by atoms with E-state index < -0.39 is 12.4 Å². The summed E-state index contributed by atoms with van der Waals surface area (Å²) in [6, 6.07) is 0. The molecule has 5 nitrogen and oxygen atoms in total. The van der Waals surface area contributed by atoms with Crippen LogP contribution in [-0.4, -0.2) is 33.9 Å². The molecular formula is C10H17NO4S. The van der Waals surface area contributed by atoms with Gasteiger partial charge in [-0.25, -0.2) is 0 Å². The average molecular weight is 247 g/mol. The van der Waals surface area contributed by atoms with Crippen LogP contribution in [0.1, 0.15) is 33.1 Å². The Morgan fingerprint density at radius 3 is 2.38 bits per heavy atom. The minimum Gasteiger partial charge on any atom is -0.481 e. The molecular weight excluding hydrogens is 230 g/mol. The van der Waals surface area contributed by atoms with Crippen molar-refractivity contribution in [3.05, 3.63) is 0 Å². The number of hydrogen-bond acceptors (Lipinski definition) is 4. The Morgan fingerprint density at radius 2 is 1.94 bits per heavy atom. The SMILES string of the molecule is CCC(=O)NCC(CC)SC(=O)CC(=O)O. The van der Waals surface area contributed by atoms with Gasteiger partial charge in [0.15, 0.2) is 5.12 Å². The highest BCUT2D eigenvalue weighted by atomic mass is 32.2. The fraction of sp³-hybridized carbons (Fsp3) is 0.700. The standard InChI is InChI=1S/C10H17NO4S/c1-3-7(6-11-8(12)4-2)16-10(15)5-9(13)14/h7H,3-6H2,1-2H3,(H,11,12)(H,13,14). The van der Waals surface area contributed by atoms with Gasteiger partial charge in [0, 0.05) is 18.2 Å². The molecule has 1 atom stereocenters. The number of thioether (sulfide) groups is 1.